The van der Waals surface area contributed by atoms with Crippen LogP contribution >= 0.6 is 0 Å². The molecule has 1 atom stereocenters. The van der Waals surface area contributed by atoms with Crippen LogP contribution in [-0.4, -0.2) is 71.5 Å². The minimum Gasteiger partial charge on any atom is -0.478 e. The fraction of sp³-hybridized carbons (Fsp3) is 0.808. The average molecular weight is 468 g/mol. The molecule has 1 unspecified atom stereocenters. The monoisotopic (exact) mass is 467 g/mol. The van der Waals surface area contributed by atoms with E-state index in [2.05, 4.69) is 37.9 Å². The van der Waals surface area contributed by atoms with E-state index < -0.39 is 5.97 Å². The van der Waals surface area contributed by atoms with Gasteiger partial charge < -0.3 is 15.3 Å². The second-order valence-corrected chi connectivity index (χ2v) is 9.36. The first-order valence-corrected chi connectivity index (χ1v) is 12.8. The minimum absolute atomic E-state index is 0.0717. The highest BCUT2D eigenvalue weighted by atomic mass is 16.4. The molecule has 1 aliphatic carbocycles. The average Bonchev–Trinajstić information content (AvgIpc) is 2.82. The molecule has 2 rings (SSSR count). The Kier molecular flexibility index (Phi) is 17.5. The molecule has 2 aliphatic rings. The van der Waals surface area contributed by atoms with Crippen LogP contribution in [0.2, 0.25) is 0 Å². The lowest BCUT2D eigenvalue weighted by Gasteiger charge is -2.37. The summed E-state index contributed by atoms with van der Waals surface area (Å²) >= 11 is 0. The first-order valence-electron chi connectivity index (χ1n) is 12.8. The maximum atomic E-state index is 12.4. The van der Waals surface area contributed by atoms with Crippen LogP contribution in [0.4, 0.5) is 0 Å². The molecule has 33 heavy (non-hydrogen) atoms. The van der Waals surface area contributed by atoms with Crippen molar-refractivity contribution in [3.63, 3.8) is 0 Å². The predicted molar refractivity (Wildman–Crippen MR) is 135 cm³/mol. The van der Waals surface area contributed by atoms with Crippen LogP contribution in [0.1, 0.15) is 98.8 Å². The Balaban J connectivity index is 0.000000946. The van der Waals surface area contributed by atoms with E-state index >= 15 is 0 Å². The number of carbonyl (C=O) groups excluding carboxylic acids is 2. The molecule has 2 N–H and O–H groups in total. The van der Waals surface area contributed by atoms with Crippen molar-refractivity contribution in [2.75, 3.05) is 26.7 Å². The van der Waals surface area contributed by atoms with Gasteiger partial charge in [-0.3, -0.25) is 14.5 Å². The lowest BCUT2D eigenvalue weighted by molar-refractivity contribution is -0.134. The zero-order chi connectivity index (χ0) is 25.2. The highest BCUT2D eigenvalue weighted by Gasteiger charge is 2.30. The van der Waals surface area contributed by atoms with Crippen LogP contribution in [0.25, 0.3) is 0 Å². The third kappa shape index (κ3) is 14.1. The molecule has 1 aliphatic heterocycles. The minimum atomic E-state index is -1.00. The fourth-order valence-corrected chi connectivity index (χ4v) is 3.79. The van der Waals surface area contributed by atoms with E-state index in [1.165, 1.54) is 62.8 Å². The zero-order valence-electron chi connectivity index (χ0n) is 22.0. The second kappa shape index (κ2) is 18.5. The predicted octanol–water partition coefficient (Wildman–Crippen LogP) is 4.61. The summed E-state index contributed by atoms with van der Waals surface area (Å²) in [5.41, 5.74) is 0.188. The molecule has 192 valence electrons. The lowest BCUT2D eigenvalue weighted by atomic mass is 9.99. The number of rotatable bonds is 7. The van der Waals surface area contributed by atoms with Gasteiger partial charge in [0.25, 0.3) is 0 Å². The molecule has 0 spiro atoms. The summed E-state index contributed by atoms with van der Waals surface area (Å²) in [5.74, 6) is -1.36. The molecule has 1 saturated heterocycles. The van der Waals surface area contributed by atoms with Crippen LogP contribution < -0.4 is 5.32 Å². The number of likely N-dealkylation sites (tertiary alicyclic amines) is 1. The second-order valence-electron chi connectivity index (χ2n) is 9.36. The lowest BCUT2D eigenvalue weighted by Crippen LogP contribution is -2.53. The zero-order valence-corrected chi connectivity index (χ0v) is 22.0. The number of nitrogens with one attached hydrogen (secondary N) is 1. The summed E-state index contributed by atoms with van der Waals surface area (Å²) in [5, 5.41) is 11.5. The van der Waals surface area contributed by atoms with E-state index in [4.69, 9.17) is 5.11 Å². The quantitative estimate of drug-likeness (QED) is 0.534. The third-order valence-electron chi connectivity index (χ3n) is 5.86. The van der Waals surface area contributed by atoms with Crippen molar-refractivity contribution in [2.24, 2.45) is 0 Å². The van der Waals surface area contributed by atoms with E-state index in [1.807, 2.05) is 0 Å². The molecule has 0 aromatic carbocycles. The highest BCUT2D eigenvalue weighted by molar-refractivity contribution is 5.88. The number of nitrogens with zero attached hydrogens (tertiary/aromatic N) is 2. The van der Waals surface area contributed by atoms with E-state index in [0.717, 1.165) is 25.8 Å². The summed E-state index contributed by atoms with van der Waals surface area (Å²) in [6.45, 7) is 10.9. The molecular weight excluding hydrogens is 418 g/mol. The van der Waals surface area contributed by atoms with Gasteiger partial charge in [-0.1, -0.05) is 71.3 Å². The maximum Gasteiger partial charge on any atom is 0.331 e. The normalized spacial score (nSPS) is 18.9. The van der Waals surface area contributed by atoms with Crippen molar-refractivity contribution >= 4 is 17.8 Å². The van der Waals surface area contributed by atoms with E-state index in [-0.39, 0.29) is 36.5 Å². The van der Waals surface area contributed by atoms with Gasteiger partial charge in [0, 0.05) is 25.2 Å². The van der Waals surface area contributed by atoms with E-state index in [0.29, 0.717) is 6.04 Å². The van der Waals surface area contributed by atoms with Crippen molar-refractivity contribution in [3.8, 4) is 0 Å². The number of likely N-dealkylation sites (N-methyl/N-ethyl adjacent to an activating group) is 1. The van der Waals surface area contributed by atoms with Crippen molar-refractivity contribution in [3.05, 3.63) is 11.6 Å². The Bertz CT molecular complexity index is 589. The van der Waals surface area contributed by atoms with Crippen molar-refractivity contribution in [2.45, 2.75) is 111 Å². The van der Waals surface area contributed by atoms with Gasteiger partial charge in [0.2, 0.25) is 11.8 Å². The Labute approximate surface area is 202 Å². The number of carbonyl (C=O) groups is 3. The van der Waals surface area contributed by atoms with Crippen LogP contribution in [0.15, 0.2) is 11.6 Å². The maximum absolute atomic E-state index is 12.4. The SMILES string of the molecule is C/C(=C\CN(C)C(=O)CNC(=O)C1CCCCN1C(C)C)C(=O)O.C1CCCCC1.CCC. The van der Waals surface area contributed by atoms with Crippen LogP contribution in [0.5, 0.6) is 0 Å². The van der Waals surface area contributed by atoms with Crippen LogP contribution in [0, 0.1) is 0 Å². The molecule has 1 heterocycles. The number of amides is 2. The van der Waals surface area contributed by atoms with Gasteiger partial charge in [0.05, 0.1) is 12.6 Å². The van der Waals surface area contributed by atoms with Gasteiger partial charge in [0.15, 0.2) is 0 Å². The molecule has 7 nitrogen and oxygen atoms in total. The summed E-state index contributed by atoms with van der Waals surface area (Å²) in [6, 6.07) is 0.120. The molecule has 0 aromatic rings. The van der Waals surface area contributed by atoms with Gasteiger partial charge in [-0.15, -0.1) is 0 Å². The third-order valence-corrected chi connectivity index (χ3v) is 5.86. The van der Waals surface area contributed by atoms with Gasteiger partial charge in [-0.2, -0.15) is 0 Å². The molecule has 0 aromatic heterocycles. The van der Waals surface area contributed by atoms with Crippen LogP contribution in [-0.2, 0) is 14.4 Å². The van der Waals surface area contributed by atoms with Gasteiger partial charge in [-0.25, -0.2) is 4.79 Å². The smallest absolute Gasteiger partial charge is 0.331 e. The highest BCUT2D eigenvalue weighted by Crippen LogP contribution is 2.19. The van der Waals surface area contributed by atoms with Crippen LogP contribution in [0.3, 0.4) is 0 Å². The molecule has 2 fully saturated rings. The first-order chi connectivity index (χ1) is 15.6. The molecule has 7 heteroatoms. The Hall–Kier alpha value is -1.89. The van der Waals surface area contributed by atoms with Crippen molar-refractivity contribution in [1.82, 2.24) is 15.1 Å². The van der Waals surface area contributed by atoms with E-state index in [1.54, 1.807) is 7.05 Å². The standard InChI is InChI=1S/C17H29N3O4.C6H12.C3H8/c1-12(2)20-9-6-5-7-14(20)16(22)18-11-15(21)19(4)10-8-13(3)17(23)24;1-2-4-6-5-3-1;1-3-2/h8,12,14H,5-7,9-11H2,1-4H3,(H,18,22)(H,23,24);1-6H2;3H2,1-2H3/b13-8+;;. The topological polar surface area (TPSA) is 90.0 Å². The van der Waals surface area contributed by atoms with Crippen molar-refractivity contribution < 1.29 is 19.5 Å². The number of carboxylic acid groups (broad SMARTS) is 1. The van der Waals surface area contributed by atoms with Gasteiger partial charge in [0.1, 0.15) is 0 Å². The largest absolute Gasteiger partial charge is 0.478 e. The number of aliphatic carboxylic acids is 1. The summed E-state index contributed by atoms with van der Waals surface area (Å²) < 4.78 is 0. The van der Waals surface area contributed by atoms with E-state index in [9.17, 15) is 14.4 Å². The van der Waals surface area contributed by atoms with Crippen molar-refractivity contribution in [1.29, 1.82) is 0 Å². The molecule has 0 bridgehead atoms. The molecule has 2 amide bonds. The fourth-order valence-electron chi connectivity index (χ4n) is 3.79. The number of carboxylic acids is 1. The summed E-state index contributed by atoms with van der Waals surface area (Å²) in [6.07, 6.45) is 14.7. The summed E-state index contributed by atoms with van der Waals surface area (Å²) in [7, 11) is 1.58. The molecular formula is C26H49N3O4. The van der Waals surface area contributed by atoms with Gasteiger partial charge in [-0.05, 0) is 40.2 Å². The Morgan fingerprint density at radius 1 is 1.03 bits per heavy atom. The number of hydrogen-bond acceptors (Lipinski definition) is 4. The Morgan fingerprint density at radius 2 is 1.55 bits per heavy atom. The molecule has 0 radical (unpaired) electrons. The Morgan fingerprint density at radius 3 is 2.00 bits per heavy atom. The number of hydrogen-bond donors (Lipinski definition) is 2. The number of piperidine rings is 1. The first kappa shape index (κ1) is 31.1. The summed E-state index contributed by atoms with van der Waals surface area (Å²) in [4.78, 5) is 38.7. The van der Waals surface area contributed by atoms with Gasteiger partial charge >= 0.3 is 5.97 Å². The molecule has 1 saturated carbocycles.